The molecule has 0 spiro atoms. The molecule has 2 N–H and O–H groups in total. The topological polar surface area (TPSA) is 54.3 Å². The van der Waals surface area contributed by atoms with E-state index in [1.165, 1.54) is 24.4 Å². The molecule has 0 aliphatic carbocycles. The summed E-state index contributed by atoms with van der Waals surface area (Å²) in [4.78, 5) is 0. The van der Waals surface area contributed by atoms with Crippen molar-refractivity contribution in [2.24, 2.45) is 0 Å². The van der Waals surface area contributed by atoms with Gasteiger partial charge in [-0.25, -0.2) is 0 Å². The summed E-state index contributed by atoms with van der Waals surface area (Å²) in [5.41, 5.74) is 0.657. The van der Waals surface area contributed by atoms with E-state index in [0.717, 1.165) is 29.8 Å². The van der Waals surface area contributed by atoms with E-state index in [-0.39, 0.29) is 28.2 Å². The summed E-state index contributed by atoms with van der Waals surface area (Å²) in [6.07, 6.45) is -8.06. The molecule has 0 radical (unpaired) electrons. The average molecular weight is 559 g/mol. The maximum atomic E-state index is 12.9. The minimum atomic E-state index is -4.86. The molecular formula is C24H17BrF6N2O2. The van der Waals surface area contributed by atoms with Crippen molar-refractivity contribution in [2.45, 2.75) is 19.1 Å². The number of hydrogen-bond acceptors (Lipinski definition) is 4. The normalized spacial score (nSPS) is 12.3. The van der Waals surface area contributed by atoms with E-state index in [0.29, 0.717) is 5.56 Å². The van der Waals surface area contributed by atoms with Gasteiger partial charge in [-0.15, -0.1) is 13.2 Å². The summed E-state index contributed by atoms with van der Waals surface area (Å²) in [5, 5.41) is 11.2. The fraction of sp³-hybridized carbons (Fsp3) is 0.125. The van der Waals surface area contributed by atoms with Crippen LogP contribution in [0.4, 0.5) is 32.0 Å². The predicted molar refractivity (Wildman–Crippen MR) is 123 cm³/mol. The first-order valence-corrected chi connectivity index (χ1v) is 10.7. The summed E-state index contributed by atoms with van der Waals surface area (Å²) in [5.74, 6) is -0.760. The maximum Gasteiger partial charge on any atom is 0.573 e. The van der Waals surface area contributed by atoms with Crippen LogP contribution in [-0.2, 0) is 17.5 Å². The lowest BCUT2D eigenvalue weighted by Crippen LogP contribution is -2.17. The van der Waals surface area contributed by atoms with Gasteiger partial charge in [-0.3, -0.25) is 5.41 Å². The van der Waals surface area contributed by atoms with Crippen molar-refractivity contribution in [3.05, 3.63) is 100 Å². The van der Waals surface area contributed by atoms with Crippen molar-refractivity contribution in [3.63, 3.8) is 0 Å². The molecule has 0 amide bonds. The molecule has 0 atom stereocenters. The Morgan fingerprint density at radius 1 is 0.914 bits per heavy atom. The molecule has 0 saturated heterocycles. The Hall–Kier alpha value is -3.47. The van der Waals surface area contributed by atoms with Gasteiger partial charge in [0.2, 0.25) is 5.90 Å². The number of ether oxygens (including phenoxy) is 2. The molecular weight excluding hydrogens is 542 g/mol. The highest BCUT2D eigenvalue weighted by molar-refractivity contribution is 9.10. The van der Waals surface area contributed by atoms with E-state index in [1.54, 1.807) is 24.3 Å². The number of rotatable bonds is 7. The van der Waals surface area contributed by atoms with Gasteiger partial charge in [-0.1, -0.05) is 42.5 Å². The second-order valence-electron chi connectivity index (χ2n) is 7.07. The minimum Gasteiger partial charge on any atom is -0.473 e. The van der Waals surface area contributed by atoms with Gasteiger partial charge in [0.15, 0.2) is 0 Å². The molecule has 11 heteroatoms. The fourth-order valence-corrected chi connectivity index (χ4v) is 3.38. The third-order valence-electron chi connectivity index (χ3n) is 4.54. The predicted octanol–water partition coefficient (Wildman–Crippen LogP) is 8.01. The number of benzene rings is 3. The molecule has 35 heavy (non-hydrogen) atoms. The van der Waals surface area contributed by atoms with Crippen LogP contribution in [0, 0.1) is 5.41 Å². The van der Waals surface area contributed by atoms with Crippen molar-refractivity contribution in [1.29, 1.82) is 5.41 Å². The summed E-state index contributed by atoms with van der Waals surface area (Å²) < 4.78 is 85.7. The van der Waals surface area contributed by atoms with Crippen LogP contribution >= 0.6 is 15.9 Å². The van der Waals surface area contributed by atoms with Gasteiger partial charge >= 0.3 is 12.5 Å². The molecule has 0 heterocycles. The Morgan fingerprint density at radius 2 is 1.57 bits per heavy atom. The third-order valence-corrected chi connectivity index (χ3v) is 5.19. The number of anilines is 1. The lowest BCUT2D eigenvalue weighted by molar-refractivity contribution is -0.274. The summed E-state index contributed by atoms with van der Waals surface area (Å²) in [7, 11) is 0. The van der Waals surface area contributed by atoms with Gasteiger partial charge < -0.3 is 14.8 Å². The van der Waals surface area contributed by atoms with E-state index in [9.17, 15) is 26.3 Å². The first-order valence-electron chi connectivity index (χ1n) is 9.87. The van der Waals surface area contributed by atoms with Crippen molar-refractivity contribution in [2.75, 3.05) is 5.32 Å². The average Bonchev–Trinajstić information content (AvgIpc) is 2.78. The molecule has 3 rings (SSSR count). The molecule has 4 nitrogen and oxygen atoms in total. The van der Waals surface area contributed by atoms with Crippen molar-refractivity contribution >= 4 is 33.1 Å². The molecule has 0 aliphatic rings. The second kappa shape index (κ2) is 10.9. The molecule has 0 fully saturated rings. The molecule has 0 unspecified atom stereocenters. The summed E-state index contributed by atoms with van der Waals surface area (Å²) in [6, 6.07) is 16.7. The van der Waals surface area contributed by atoms with Gasteiger partial charge in [-0.05, 0) is 57.4 Å². The molecule has 0 aliphatic heterocycles. The number of hydrogen-bond donors (Lipinski definition) is 2. The van der Waals surface area contributed by atoms with Crippen LogP contribution in [0.5, 0.6) is 5.75 Å². The highest BCUT2D eigenvalue weighted by Crippen LogP contribution is 2.34. The zero-order valence-electron chi connectivity index (χ0n) is 17.7. The van der Waals surface area contributed by atoms with Crippen LogP contribution in [0.3, 0.4) is 0 Å². The molecule has 0 bridgehead atoms. The summed E-state index contributed by atoms with van der Waals surface area (Å²) in [6.45, 7) is 0.0518. The van der Waals surface area contributed by atoms with E-state index < -0.39 is 23.9 Å². The molecule has 0 saturated carbocycles. The molecule has 184 valence electrons. The van der Waals surface area contributed by atoms with Crippen LogP contribution in [-0.4, -0.2) is 12.3 Å². The van der Waals surface area contributed by atoms with Gasteiger partial charge in [0, 0.05) is 10.7 Å². The zero-order chi connectivity index (χ0) is 25.6. The second-order valence-corrected chi connectivity index (χ2v) is 7.92. The number of nitrogens with one attached hydrogen (secondary N) is 2. The Morgan fingerprint density at radius 3 is 2.14 bits per heavy atom. The Labute approximate surface area is 204 Å². The highest BCUT2D eigenvalue weighted by Gasteiger charge is 2.31. The number of alkyl halides is 6. The quantitative estimate of drug-likeness (QED) is 0.175. The van der Waals surface area contributed by atoms with E-state index in [4.69, 9.17) is 10.1 Å². The van der Waals surface area contributed by atoms with Crippen molar-refractivity contribution in [1.82, 2.24) is 0 Å². The highest BCUT2D eigenvalue weighted by atomic mass is 79.9. The van der Waals surface area contributed by atoms with Crippen LogP contribution in [0.25, 0.3) is 5.57 Å². The van der Waals surface area contributed by atoms with E-state index >= 15 is 0 Å². The van der Waals surface area contributed by atoms with Gasteiger partial charge in [-0.2, -0.15) is 13.2 Å². The molecule has 3 aromatic carbocycles. The Balaban J connectivity index is 1.87. The van der Waals surface area contributed by atoms with Crippen LogP contribution in [0.1, 0.15) is 16.7 Å². The monoisotopic (exact) mass is 558 g/mol. The fourth-order valence-electron chi connectivity index (χ4n) is 2.88. The molecule has 3 aromatic rings. The first-order chi connectivity index (χ1) is 16.4. The van der Waals surface area contributed by atoms with Crippen molar-refractivity contribution < 1.29 is 35.8 Å². The van der Waals surface area contributed by atoms with Crippen LogP contribution in [0.15, 0.2) is 83.5 Å². The van der Waals surface area contributed by atoms with Gasteiger partial charge in [0.05, 0.1) is 16.8 Å². The zero-order valence-corrected chi connectivity index (χ0v) is 19.3. The SMILES string of the molecule is N=C(OCc1ccccc1)/C(=C\Nc1ccc(C(F)(F)F)cc1Br)c1ccc(OC(F)(F)F)cc1. The first kappa shape index (κ1) is 26.1. The lowest BCUT2D eigenvalue weighted by atomic mass is 10.1. The maximum absolute atomic E-state index is 12.9. The largest absolute Gasteiger partial charge is 0.573 e. The van der Waals surface area contributed by atoms with E-state index in [2.05, 4.69) is 26.0 Å². The molecule has 0 aromatic heterocycles. The van der Waals surface area contributed by atoms with Gasteiger partial charge in [0.25, 0.3) is 0 Å². The smallest absolute Gasteiger partial charge is 0.473 e. The third kappa shape index (κ3) is 7.78. The lowest BCUT2D eigenvalue weighted by Gasteiger charge is -2.15. The van der Waals surface area contributed by atoms with E-state index in [1.807, 2.05) is 6.07 Å². The Kier molecular flexibility index (Phi) is 8.11. The van der Waals surface area contributed by atoms with Crippen molar-refractivity contribution in [3.8, 4) is 5.75 Å². The summed E-state index contributed by atoms with van der Waals surface area (Å²) >= 11 is 3.08. The van der Waals surface area contributed by atoms with Crippen LogP contribution in [0.2, 0.25) is 0 Å². The van der Waals surface area contributed by atoms with Gasteiger partial charge in [0.1, 0.15) is 12.4 Å². The minimum absolute atomic E-state index is 0.0518. The Bertz CT molecular complexity index is 1190. The standard InChI is InChI=1S/C24H17BrF6N2O2/c25-20-12-17(23(26,27)28)8-11-21(20)33-13-19(22(32)34-14-15-4-2-1-3-5-15)16-6-9-18(10-7-16)35-24(29,30)31/h1-13,32-33H,14H2/b19-13-,32-22?. The van der Waals surface area contributed by atoms with Crippen LogP contribution < -0.4 is 10.1 Å². The number of halogens is 7.